The summed E-state index contributed by atoms with van der Waals surface area (Å²) in [4.78, 5) is 36.0. The van der Waals surface area contributed by atoms with E-state index in [1.165, 1.54) is 6.21 Å². The summed E-state index contributed by atoms with van der Waals surface area (Å²) < 4.78 is 5.56. The smallest absolute Gasteiger partial charge is 0.329 e. The zero-order valence-electron chi connectivity index (χ0n) is 19.0. The fourth-order valence-corrected chi connectivity index (χ4v) is 3.05. The van der Waals surface area contributed by atoms with Crippen molar-refractivity contribution in [2.45, 2.75) is 20.4 Å². The summed E-state index contributed by atoms with van der Waals surface area (Å²) in [5.41, 5.74) is 6.52. The molecule has 0 aromatic heterocycles. The van der Waals surface area contributed by atoms with E-state index in [2.05, 4.69) is 21.2 Å². The lowest BCUT2D eigenvalue weighted by atomic mass is 10.1. The summed E-state index contributed by atoms with van der Waals surface area (Å²) >= 11 is 0. The molecule has 0 radical (unpaired) electrons. The molecule has 3 aromatic rings. The van der Waals surface area contributed by atoms with Crippen LogP contribution in [0.2, 0.25) is 0 Å². The first-order chi connectivity index (χ1) is 16.4. The van der Waals surface area contributed by atoms with E-state index in [1.807, 2.05) is 62.4 Å². The van der Waals surface area contributed by atoms with E-state index in [-0.39, 0.29) is 19.1 Å². The number of nitrogens with zero attached hydrogens (tertiary/aromatic N) is 1. The van der Waals surface area contributed by atoms with Gasteiger partial charge < -0.3 is 15.4 Å². The average Bonchev–Trinajstić information content (AvgIpc) is 2.84. The second kappa shape index (κ2) is 12.0. The van der Waals surface area contributed by atoms with E-state index in [9.17, 15) is 14.4 Å². The molecule has 34 heavy (non-hydrogen) atoms. The zero-order chi connectivity index (χ0) is 24.3. The number of hydrogen-bond acceptors (Lipinski definition) is 5. The van der Waals surface area contributed by atoms with Crippen LogP contribution in [-0.4, -0.2) is 30.5 Å². The van der Waals surface area contributed by atoms with Crippen molar-refractivity contribution >= 4 is 29.6 Å². The van der Waals surface area contributed by atoms with Gasteiger partial charge in [-0.05, 0) is 48.7 Å². The minimum Gasteiger partial charge on any atom is -0.484 e. The van der Waals surface area contributed by atoms with Gasteiger partial charge in [0.25, 0.3) is 5.91 Å². The van der Waals surface area contributed by atoms with Crippen LogP contribution in [0, 0.1) is 13.8 Å². The Balaban J connectivity index is 1.45. The van der Waals surface area contributed by atoms with E-state index in [0.29, 0.717) is 11.3 Å². The van der Waals surface area contributed by atoms with Crippen LogP contribution >= 0.6 is 0 Å². The van der Waals surface area contributed by atoms with Gasteiger partial charge in [-0.3, -0.25) is 14.4 Å². The minimum atomic E-state index is -0.873. The van der Waals surface area contributed by atoms with E-state index >= 15 is 0 Å². The average molecular weight is 459 g/mol. The summed E-state index contributed by atoms with van der Waals surface area (Å²) in [5.74, 6) is -1.47. The molecule has 0 fully saturated rings. The molecule has 3 amide bonds. The van der Waals surface area contributed by atoms with Gasteiger partial charge in [-0.2, -0.15) is 5.10 Å². The normalized spacial score (nSPS) is 10.5. The monoisotopic (exact) mass is 458 g/mol. The maximum Gasteiger partial charge on any atom is 0.329 e. The Morgan fingerprint density at radius 1 is 0.912 bits per heavy atom. The first-order valence-electron chi connectivity index (χ1n) is 10.7. The van der Waals surface area contributed by atoms with E-state index in [1.54, 1.807) is 24.3 Å². The molecular formula is C26H26N4O4. The van der Waals surface area contributed by atoms with Crippen LogP contribution in [0.25, 0.3) is 0 Å². The van der Waals surface area contributed by atoms with Crippen LogP contribution in [0.15, 0.2) is 77.9 Å². The van der Waals surface area contributed by atoms with Crippen molar-refractivity contribution in [3.05, 3.63) is 95.1 Å². The molecule has 0 aliphatic heterocycles. The number of anilines is 1. The fourth-order valence-electron chi connectivity index (χ4n) is 3.05. The minimum absolute atomic E-state index is 0.160. The molecule has 0 aliphatic rings. The van der Waals surface area contributed by atoms with Gasteiger partial charge >= 0.3 is 11.8 Å². The number of ether oxygens (including phenoxy) is 1. The van der Waals surface area contributed by atoms with Crippen molar-refractivity contribution in [2.24, 2.45) is 5.10 Å². The lowest BCUT2D eigenvalue weighted by Gasteiger charge is -2.10. The quantitative estimate of drug-likeness (QED) is 0.274. The van der Waals surface area contributed by atoms with E-state index in [0.717, 1.165) is 22.4 Å². The predicted octanol–water partition coefficient (Wildman–Crippen LogP) is 3.09. The molecule has 0 spiro atoms. The maximum atomic E-state index is 12.2. The van der Waals surface area contributed by atoms with Gasteiger partial charge in [0.1, 0.15) is 5.75 Å². The van der Waals surface area contributed by atoms with Gasteiger partial charge in [-0.15, -0.1) is 0 Å². The van der Waals surface area contributed by atoms with E-state index in [4.69, 9.17) is 4.74 Å². The molecular weight excluding hydrogens is 432 g/mol. The molecule has 0 bridgehead atoms. The summed E-state index contributed by atoms with van der Waals surface area (Å²) in [7, 11) is 0. The van der Waals surface area contributed by atoms with Crippen molar-refractivity contribution in [1.29, 1.82) is 0 Å². The fraction of sp³-hybridized carbons (Fsp3) is 0.154. The molecule has 3 aromatic carbocycles. The molecule has 3 rings (SSSR count). The second-order valence-electron chi connectivity index (χ2n) is 7.60. The Morgan fingerprint density at radius 3 is 2.47 bits per heavy atom. The van der Waals surface area contributed by atoms with Crippen LogP contribution in [0.5, 0.6) is 5.75 Å². The maximum absolute atomic E-state index is 12.2. The molecule has 0 unspecified atom stereocenters. The van der Waals surface area contributed by atoms with Gasteiger partial charge in [0, 0.05) is 12.2 Å². The largest absolute Gasteiger partial charge is 0.484 e. The number of hydrazone groups is 1. The number of aryl methyl sites for hydroxylation is 2. The number of amides is 3. The molecule has 0 atom stereocenters. The molecule has 174 valence electrons. The zero-order valence-corrected chi connectivity index (χ0v) is 19.0. The molecule has 0 saturated heterocycles. The number of carbonyl (C=O) groups is 3. The molecule has 3 N–H and O–H groups in total. The summed E-state index contributed by atoms with van der Waals surface area (Å²) in [6.07, 6.45) is 1.38. The van der Waals surface area contributed by atoms with Crippen LogP contribution in [0.4, 0.5) is 5.69 Å². The number of carbonyl (C=O) groups excluding carboxylic acids is 3. The molecule has 8 nitrogen and oxygen atoms in total. The van der Waals surface area contributed by atoms with Crippen molar-refractivity contribution < 1.29 is 19.1 Å². The molecule has 8 heteroatoms. The van der Waals surface area contributed by atoms with Crippen LogP contribution in [0.3, 0.4) is 0 Å². The van der Waals surface area contributed by atoms with Gasteiger partial charge in [0.05, 0.1) is 6.21 Å². The lowest BCUT2D eigenvalue weighted by molar-refractivity contribution is -0.139. The van der Waals surface area contributed by atoms with Crippen molar-refractivity contribution in [3.63, 3.8) is 0 Å². The number of benzene rings is 3. The van der Waals surface area contributed by atoms with Gasteiger partial charge in [0.2, 0.25) is 0 Å². The van der Waals surface area contributed by atoms with Crippen LogP contribution in [0.1, 0.15) is 22.3 Å². The van der Waals surface area contributed by atoms with Crippen molar-refractivity contribution in [3.8, 4) is 5.75 Å². The predicted molar refractivity (Wildman–Crippen MR) is 131 cm³/mol. The number of rotatable bonds is 8. The highest BCUT2D eigenvalue weighted by Crippen LogP contribution is 2.16. The highest BCUT2D eigenvalue weighted by molar-refractivity contribution is 6.35. The molecule has 0 heterocycles. The third kappa shape index (κ3) is 7.59. The lowest BCUT2D eigenvalue weighted by Crippen LogP contribution is -2.37. The molecule has 0 aliphatic carbocycles. The van der Waals surface area contributed by atoms with Gasteiger partial charge in [-0.25, -0.2) is 5.43 Å². The van der Waals surface area contributed by atoms with E-state index < -0.39 is 11.8 Å². The highest BCUT2D eigenvalue weighted by Gasteiger charge is 2.12. The first kappa shape index (κ1) is 24.2. The number of hydrogen-bond donors (Lipinski definition) is 3. The SMILES string of the molecule is Cc1ccc(NC(=O)COc2cccc(/C=N/NC(=O)C(=O)NCc3ccccc3)c2)c(C)c1. The van der Waals surface area contributed by atoms with Crippen LogP contribution < -0.4 is 20.8 Å². The molecule has 0 saturated carbocycles. The Hall–Kier alpha value is -4.46. The van der Waals surface area contributed by atoms with Crippen molar-refractivity contribution in [2.75, 3.05) is 11.9 Å². The Labute approximate surface area is 198 Å². The highest BCUT2D eigenvalue weighted by atomic mass is 16.5. The summed E-state index contributed by atoms with van der Waals surface area (Å²) in [6.45, 7) is 4.00. The van der Waals surface area contributed by atoms with Gasteiger partial charge in [0.15, 0.2) is 6.61 Å². The third-order valence-corrected chi connectivity index (χ3v) is 4.77. The third-order valence-electron chi connectivity index (χ3n) is 4.77. The van der Waals surface area contributed by atoms with Crippen LogP contribution in [-0.2, 0) is 20.9 Å². The Bertz CT molecular complexity index is 1190. The first-order valence-corrected chi connectivity index (χ1v) is 10.7. The van der Waals surface area contributed by atoms with Gasteiger partial charge in [-0.1, -0.05) is 60.2 Å². The summed E-state index contributed by atoms with van der Waals surface area (Å²) in [5, 5.41) is 9.16. The van der Waals surface area contributed by atoms with Crippen molar-refractivity contribution in [1.82, 2.24) is 10.7 Å². The topological polar surface area (TPSA) is 109 Å². The summed E-state index contributed by atoms with van der Waals surface area (Å²) in [6, 6.07) is 21.9. The number of nitrogens with one attached hydrogen (secondary N) is 3. The standard InChI is InChI=1S/C26H26N4O4/c1-18-11-12-23(19(2)13-18)29-24(31)17-34-22-10-6-9-21(14-22)16-28-30-26(33)25(32)27-15-20-7-4-3-5-8-20/h3-14,16H,15,17H2,1-2H3,(H,27,32)(H,29,31)(H,30,33)/b28-16+. The Morgan fingerprint density at radius 2 is 1.71 bits per heavy atom. The Kier molecular flexibility index (Phi) is 8.51. The second-order valence-corrected chi connectivity index (χ2v) is 7.60.